The predicted molar refractivity (Wildman–Crippen MR) is 231 cm³/mol. The fourth-order valence-electron chi connectivity index (χ4n) is 8.23. The summed E-state index contributed by atoms with van der Waals surface area (Å²) in [5, 5.41) is 9.82. The molecular weight excluding hydrogens is 801 g/mol. The number of thiophene rings is 2. The maximum atomic E-state index is 14.0. The van der Waals surface area contributed by atoms with Crippen molar-refractivity contribution in [3.63, 3.8) is 0 Å². The molecular formula is C44H48N8O6S2. The number of hydrogen-bond acceptors (Lipinski definition) is 10. The minimum absolute atomic E-state index is 0.109. The number of H-pyrrole nitrogens is 2. The van der Waals surface area contributed by atoms with E-state index >= 15 is 0 Å². The van der Waals surface area contributed by atoms with Crippen molar-refractivity contribution in [2.24, 2.45) is 5.92 Å². The molecule has 0 aliphatic carbocycles. The van der Waals surface area contributed by atoms with Crippen molar-refractivity contribution >= 4 is 56.1 Å². The van der Waals surface area contributed by atoms with Gasteiger partial charge in [-0.15, -0.1) is 22.7 Å². The molecule has 4 amide bonds. The zero-order valence-corrected chi connectivity index (χ0v) is 35.5. The average molecular weight is 849 g/mol. The van der Waals surface area contributed by atoms with E-state index in [1.54, 1.807) is 34.5 Å². The topological polar surface area (TPSA) is 175 Å². The molecule has 0 bridgehead atoms. The normalized spacial score (nSPS) is 17.6. The van der Waals surface area contributed by atoms with Crippen LogP contribution in [0.25, 0.3) is 43.0 Å². The number of likely N-dealkylation sites (tertiary alicyclic amines) is 2. The van der Waals surface area contributed by atoms with E-state index in [1.807, 2.05) is 61.5 Å². The number of aromatic amines is 2. The van der Waals surface area contributed by atoms with Crippen LogP contribution < -0.4 is 10.6 Å². The molecule has 4 aromatic heterocycles. The highest BCUT2D eigenvalue weighted by Gasteiger charge is 2.39. The number of alkyl carbamates (subject to hydrolysis) is 2. The minimum Gasteiger partial charge on any atom is -0.453 e. The lowest BCUT2D eigenvalue weighted by atomic mass is 10.0. The number of fused-ring (bicyclic) bond motifs is 1. The number of carbonyl (C=O) groups excluding carboxylic acids is 4. The number of hydrogen-bond donors (Lipinski definition) is 4. The van der Waals surface area contributed by atoms with Crippen molar-refractivity contribution in [1.29, 1.82) is 0 Å². The van der Waals surface area contributed by atoms with E-state index in [1.165, 1.54) is 11.8 Å². The first kappa shape index (κ1) is 40.8. The molecule has 6 aromatic rings. The maximum Gasteiger partial charge on any atom is 0.408 e. The lowest BCUT2D eigenvalue weighted by Crippen LogP contribution is -2.51. The molecule has 0 radical (unpaired) electrons. The second-order valence-electron chi connectivity index (χ2n) is 15.3. The highest BCUT2D eigenvalue weighted by Crippen LogP contribution is 2.44. The van der Waals surface area contributed by atoms with E-state index in [-0.39, 0.29) is 36.4 Å². The third-order valence-electron chi connectivity index (χ3n) is 11.3. The molecule has 6 heterocycles. The molecule has 2 fully saturated rings. The monoisotopic (exact) mass is 848 g/mol. The molecule has 60 heavy (non-hydrogen) atoms. The molecule has 3 unspecified atom stereocenters. The summed E-state index contributed by atoms with van der Waals surface area (Å²) >= 11 is 3.39. The van der Waals surface area contributed by atoms with Crippen molar-refractivity contribution in [1.82, 2.24) is 40.4 Å². The van der Waals surface area contributed by atoms with Gasteiger partial charge in [-0.2, -0.15) is 0 Å². The number of nitrogens with one attached hydrogen (secondary N) is 4. The van der Waals surface area contributed by atoms with Gasteiger partial charge in [0.15, 0.2) is 0 Å². The molecule has 14 nitrogen and oxygen atoms in total. The van der Waals surface area contributed by atoms with Gasteiger partial charge in [0, 0.05) is 35.0 Å². The summed E-state index contributed by atoms with van der Waals surface area (Å²) in [6, 6.07) is 15.6. The molecule has 16 heteroatoms. The Morgan fingerprint density at radius 2 is 1.35 bits per heavy atom. The highest BCUT2D eigenvalue weighted by molar-refractivity contribution is 7.27. The van der Waals surface area contributed by atoms with Gasteiger partial charge in [0.1, 0.15) is 23.7 Å². The van der Waals surface area contributed by atoms with Crippen molar-refractivity contribution in [2.75, 3.05) is 26.8 Å². The number of nitrogens with zero attached hydrogens (tertiary/aromatic N) is 4. The predicted octanol–water partition coefficient (Wildman–Crippen LogP) is 8.61. The van der Waals surface area contributed by atoms with Gasteiger partial charge in [0.05, 0.1) is 59.0 Å². The Balaban J connectivity index is 0.963. The van der Waals surface area contributed by atoms with Gasteiger partial charge in [-0.25, -0.2) is 19.6 Å². The van der Waals surface area contributed by atoms with E-state index in [9.17, 15) is 19.2 Å². The SMILES string of the molecule is CCOC(=O)NC(C(=O)N1CCCC1c1ncc(-c2ccc(-c3csc4c(-c5cnc(C6CCCN6C(=O)[C@@H](NC(=O)OC)C(C)C)[nH]5)csc34)cc2)[nH]1)c1ccccc1. The van der Waals surface area contributed by atoms with Crippen LogP contribution in [0.4, 0.5) is 9.59 Å². The third-order valence-corrected chi connectivity index (χ3v) is 13.4. The van der Waals surface area contributed by atoms with Gasteiger partial charge in [0.2, 0.25) is 5.91 Å². The number of imidazole rings is 2. The van der Waals surface area contributed by atoms with Crippen molar-refractivity contribution in [3.05, 3.63) is 95.0 Å². The molecule has 0 spiro atoms. The van der Waals surface area contributed by atoms with Crippen molar-refractivity contribution in [2.45, 2.75) is 70.6 Å². The summed E-state index contributed by atoms with van der Waals surface area (Å²) in [5.74, 6) is 0.992. The Hall–Kier alpha value is -6.00. The summed E-state index contributed by atoms with van der Waals surface area (Å²) in [7, 11) is 1.29. The molecule has 2 saturated heterocycles. The fourth-order valence-corrected chi connectivity index (χ4v) is 10.7. The zero-order chi connectivity index (χ0) is 41.9. The number of amides is 4. The first-order chi connectivity index (χ1) is 29.1. The first-order valence-electron chi connectivity index (χ1n) is 20.3. The quantitative estimate of drug-likeness (QED) is 0.0947. The molecule has 312 valence electrons. The molecule has 2 aliphatic rings. The zero-order valence-electron chi connectivity index (χ0n) is 33.9. The highest BCUT2D eigenvalue weighted by atomic mass is 32.1. The van der Waals surface area contributed by atoms with Crippen molar-refractivity contribution < 1.29 is 28.7 Å². The lowest BCUT2D eigenvalue weighted by Gasteiger charge is -2.30. The van der Waals surface area contributed by atoms with Gasteiger partial charge >= 0.3 is 12.2 Å². The van der Waals surface area contributed by atoms with Crippen LogP contribution in [-0.4, -0.2) is 86.6 Å². The van der Waals surface area contributed by atoms with E-state index in [2.05, 4.69) is 55.6 Å². The number of carbonyl (C=O) groups is 4. The summed E-state index contributed by atoms with van der Waals surface area (Å²) in [6.07, 6.45) is 5.60. The maximum absolute atomic E-state index is 14.0. The Morgan fingerprint density at radius 1 is 0.767 bits per heavy atom. The summed E-state index contributed by atoms with van der Waals surface area (Å²) in [5.41, 5.74) is 6.73. The van der Waals surface area contributed by atoms with Crippen LogP contribution >= 0.6 is 22.7 Å². The first-order valence-corrected chi connectivity index (χ1v) is 22.0. The number of methoxy groups -OCH3 is 1. The smallest absolute Gasteiger partial charge is 0.408 e. The van der Waals surface area contributed by atoms with Gasteiger partial charge in [-0.1, -0.05) is 68.4 Å². The minimum atomic E-state index is -0.880. The Morgan fingerprint density at radius 3 is 1.98 bits per heavy atom. The summed E-state index contributed by atoms with van der Waals surface area (Å²) in [6.45, 7) is 6.90. The number of ether oxygens (including phenoxy) is 2. The van der Waals surface area contributed by atoms with Crippen LogP contribution in [0.3, 0.4) is 0 Å². The summed E-state index contributed by atoms with van der Waals surface area (Å²) < 4.78 is 12.3. The van der Waals surface area contributed by atoms with Crippen LogP contribution in [0.1, 0.15) is 81.8 Å². The van der Waals surface area contributed by atoms with Crippen molar-refractivity contribution in [3.8, 4) is 33.6 Å². The van der Waals surface area contributed by atoms with E-state index in [4.69, 9.17) is 19.4 Å². The average Bonchev–Trinajstić information content (AvgIpc) is 4.12. The van der Waals surface area contributed by atoms with Crippen LogP contribution in [0, 0.1) is 5.92 Å². The number of rotatable bonds is 12. The second kappa shape index (κ2) is 17.7. The molecule has 2 aromatic carbocycles. The van der Waals surface area contributed by atoms with Gasteiger partial charge in [-0.3, -0.25) is 9.59 Å². The van der Waals surface area contributed by atoms with E-state index in [0.29, 0.717) is 24.5 Å². The Bertz CT molecular complexity index is 2470. The number of benzene rings is 2. The molecule has 0 saturated carbocycles. The van der Waals surface area contributed by atoms with Crippen LogP contribution in [0.15, 0.2) is 77.8 Å². The largest absolute Gasteiger partial charge is 0.453 e. The summed E-state index contributed by atoms with van der Waals surface area (Å²) in [4.78, 5) is 72.3. The molecule has 4 atom stereocenters. The third kappa shape index (κ3) is 8.13. The van der Waals surface area contributed by atoms with Gasteiger partial charge in [-0.05, 0) is 55.2 Å². The van der Waals surface area contributed by atoms with E-state index in [0.717, 1.165) is 69.8 Å². The Labute approximate surface area is 355 Å². The number of aromatic nitrogens is 4. The van der Waals surface area contributed by atoms with Crippen LogP contribution in [-0.2, 0) is 19.1 Å². The van der Waals surface area contributed by atoms with Gasteiger partial charge < -0.3 is 39.9 Å². The van der Waals surface area contributed by atoms with Gasteiger partial charge in [0.25, 0.3) is 5.91 Å². The molecule has 2 aliphatic heterocycles. The van der Waals surface area contributed by atoms with E-state index < -0.39 is 24.3 Å². The lowest BCUT2D eigenvalue weighted by molar-refractivity contribution is -0.136. The van der Waals surface area contributed by atoms with Crippen LogP contribution in [0.2, 0.25) is 0 Å². The second-order valence-corrected chi connectivity index (χ2v) is 17.1. The van der Waals surface area contributed by atoms with Crippen LogP contribution in [0.5, 0.6) is 0 Å². The standard InChI is InChI=1S/C44H48N8O6S2/c1-5-58-44(56)50-36(28-11-7-6-8-12-28)42(54)52-20-10-13-33(52)39-45-21-31(47-39)27-17-15-26(16-18-27)29-23-59-38-30(24-60-37(29)38)32-22-46-40(48-32)34-14-9-19-51(34)41(53)35(25(2)3)49-43(55)57-4/h6-8,11-12,15-18,21-25,33-36H,5,9-10,13-14,19-20H2,1-4H3,(H,45,47)(H,46,48)(H,49,55)(H,50,56)/t33?,34?,35-,36?/m0/s1. The fraction of sp³-hybridized carbons (Fsp3) is 0.364. The Kier molecular flexibility index (Phi) is 12.0. The molecule has 4 N–H and O–H groups in total. The molecule has 8 rings (SSSR count).